The zero-order valence-electron chi connectivity index (χ0n) is 9.10. The molecule has 0 radical (unpaired) electrons. The Bertz CT molecular complexity index is 306. The molecule has 0 aliphatic carbocycles. The van der Waals surface area contributed by atoms with Gasteiger partial charge in [-0.05, 0) is 18.6 Å². The Kier molecular flexibility index (Phi) is 4.07. The highest BCUT2D eigenvalue weighted by Gasteiger charge is 2.11. The zero-order valence-corrected chi connectivity index (χ0v) is 9.92. The fourth-order valence-electron chi connectivity index (χ4n) is 1.25. The lowest BCUT2D eigenvalue weighted by molar-refractivity contribution is -0.670. The van der Waals surface area contributed by atoms with Gasteiger partial charge in [0, 0.05) is 13.6 Å². The predicted molar refractivity (Wildman–Crippen MR) is 61.1 cm³/mol. The third-order valence-electron chi connectivity index (χ3n) is 2.16. The first-order valence-electron chi connectivity index (χ1n) is 4.94. The fraction of sp³-hybridized carbons (Fsp3) is 0.600. The lowest BCUT2D eigenvalue weighted by Gasteiger charge is -2.15. The van der Waals surface area contributed by atoms with Crippen molar-refractivity contribution in [2.75, 3.05) is 13.6 Å². The number of rotatable bonds is 3. The van der Waals surface area contributed by atoms with E-state index in [-0.39, 0.29) is 0 Å². The highest BCUT2D eigenvalue weighted by Crippen LogP contribution is 1.96. The van der Waals surface area contributed by atoms with Gasteiger partial charge in [-0.25, -0.2) is 4.57 Å². The van der Waals surface area contributed by atoms with Crippen LogP contribution in [0.3, 0.4) is 0 Å². The molecule has 0 bridgehead atoms. The van der Waals surface area contributed by atoms with Gasteiger partial charge in [-0.15, -0.1) is 0 Å². The van der Waals surface area contributed by atoms with Crippen molar-refractivity contribution >= 4 is 17.3 Å². The lowest BCUT2D eigenvalue weighted by atomic mass is 10.3. The quantitative estimate of drug-likeness (QED) is 0.551. The molecule has 0 aliphatic rings. The molecular formula is C10H18N3S+. The molecule has 0 saturated heterocycles. The maximum atomic E-state index is 5.35. The van der Waals surface area contributed by atoms with E-state index < -0.39 is 0 Å². The monoisotopic (exact) mass is 212 g/mol. The van der Waals surface area contributed by atoms with Crippen LogP contribution in [0.1, 0.15) is 19.8 Å². The highest BCUT2D eigenvalue weighted by atomic mass is 32.1. The maximum absolute atomic E-state index is 5.35. The van der Waals surface area contributed by atoms with Crippen LogP contribution in [0.4, 0.5) is 0 Å². The predicted octanol–water partition coefficient (Wildman–Crippen LogP) is 1.18. The van der Waals surface area contributed by atoms with Crippen molar-refractivity contribution in [3.05, 3.63) is 18.7 Å². The van der Waals surface area contributed by atoms with Crippen molar-refractivity contribution < 1.29 is 4.57 Å². The summed E-state index contributed by atoms with van der Waals surface area (Å²) in [5, 5.41) is 0.860. The van der Waals surface area contributed by atoms with Crippen LogP contribution in [-0.2, 0) is 7.05 Å². The van der Waals surface area contributed by atoms with E-state index in [1.54, 1.807) is 0 Å². The zero-order chi connectivity index (χ0) is 10.6. The SMILES string of the molecule is CCCCN(C)C(=S)n1cc[n+](C)c1. The Balaban J connectivity index is 2.56. The Morgan fingerprint density at radius 2 is 2.29 bits per heavy atom. The third kappa shape index (κ3) is 2.80. The number of unbranched alkanes of at least 4 members (excludes halogenated alkanes) is 1. The topological polar surface area (TPSA) is 12.1 Å². The molecule has 0 fully saturated rings. The maximum Gasteiger partial charge on any atom is 0.269 e. The molecular weight excluding hydrogens is 194 g/mol. The Morgan fingerprint density at radius 1 is 1.57 bits per heavy atom. The van der Waals surface area contributed by atoms with E-state index in [2.05, 4.69) is 11.8 Å². The average Bonchev–Trinajstić information content (AvgIpc) is 2.60. The minimum atomic E-state index is 0.860. The molecule has 0 N–H and O–H groups in total. The molecule has 0 atom stereocenters. The van der Waals surface area contributed by atoms with Crippen molar-refractivity contribution in [1.29, 1.82) is 0 Å². The molecule has 0 unspecified atom stereocenters. The van der Waals surface area contributed by atoms with Gasteiger partial charge in [-0.2, -0.15) is 4.57 Å². The molecule has 14 heavy (non-hydrogen) atoms. The van der Waals surface area contributed by atoms with Crippen LogP contribution in [0.25, 0.3) is 0 Å². The first-order valence-corrected chi connectivity index (χ1v) is 5.34. The summed E-state index contributed by atoms with van der Waals surface area (Å²) in [6, 6.07) is 0. The minimum Gasteiger partial charge on any atom is -0.333 e. The van der Waals surface area contributed by atoms with Crippen molar-refractivity contribution in [3.63, 3.8) is 0 Å². The van der Waals surface area contributed by atoms with E-state index in [0.717, 1.165) is 11.7 Å². The minimum absolute atomic E-state index is 0.860. The summed E-state index contributed by atoms with van der Waals surface area (Å²) in [7, 11) is 4.03. The van der Waals surface area contributed by atoms with Crippen LogP contribution >= 0.6 is 12.2 Å². The molecule has 1 heterocycles. The molecule has 4 heteroatoms. The molecule has 0 spiro atoms. The van der Waals surface area contributed by atoms with E-state index >= 15 is 0 Å². The fourth-order valence-corrected chi connectivity index (χ4v) is 1.45. The van der Waals surface area contributed by atoms with Crippen molar-refractivity contribution in [2.45, 2.75) is 19.8 Å². The largest absolute Gasteiger partial charge is 0.333 e. The molecule has 1 rings (SSSR count). The second-order valence-corrected chi connectivity index (χ2v) is 3.91. The molecule has 0 saturated carbocycles. The summed E-state index contributed by atoms with van der Waals surface area (Å²) in [6.07, 6.45) is 8.33. The van der Waals surface area contributed by atoms with Crippen LogP contribution in [0, 0.1) is 0 Å². The highest BCUT2D eigenvalue weighted by molar-refractivity contribution is 7.80. The first-order chi connectivity index (χ1) is 6.65. The van der Waals surface area contributed by atoms with Gasteiger partial charge in [-0.3, -0.25) is 0 Å². The van der Waals surface area contributed by atoms with E-state index in [9.17, 15) is 0 Å². The Morgan fingerprint density at radius 3 is 2.79 bits per heavy atom. The Labute approximate surface area is 91.0 Å². The average molecular weight is 212 g/mol. The standard InChI is InChI=1S/C10H18N3S/c1-4-5-6-12(3)10(14)13-8-7-11(2)9-13/h7-9H,4-6H2,1-3H3/q+1. The number of aryl methyl sites for hydroxylation is 1. The third-order valence-corrected chi connectivity index (χ3v) is 2.69. The van der Waals surface area contributed by atoms with Crippen molar-refractivity contribution in [2.24, 2.45) is 7.05 Å². The second kappa shape index (κ2) is 5.10. The molecule has 0 amide bonds. The molecule has 1 aromatic heterocycles. The van der Waals surface area contributed by atoms with Gasteiger partial charge in [0.1, 0.15) is 12.4 Å². The number of hydrogen-bond donors (Lipinski definition) is 0. The smallest absolute Gasteiger partial charge is 0.269 e. The normalized spacial score (nSPS) is 10.2. The lowest BCUT2D eigenvalue weighted by Crippen LogP contribution is -2.32. The van der Waals surface area contributed by atoms with Crippen LogP contribution in [-0.4, -0.2) is 28.2 Å². The summed E-state index contributed by atoms with van der Waals surface area (Å²) in [5.74, 6) is 0. The van der Waals surface area contributed by atoms with Gasteiger partial charge in [0.05, 0.1) is 7.05 Å². The first kappa shape index (κ1) is 11.2. The Hall–Kier alpha value is -0.900. The van der Waals surface area contributed by atoms with E-state index in [4.69, 9.17) is 12.2 Å². The van der Waals surface area contributed by atoms with Gasteiger partial charge in [0.25, 0.3) is 11.4 Å². The second-order valence-electron chi connectivity index (χ2n) is 3.54. The summed E-state index contributed by atoms with van der Waals surface area (Å²) >= 11 is 5.35. The number of thiocarbonyl (C=S) groups is 1. The molecule has 0 aromatic carbocycles. The van der Waals surface area contributed by atoms with Crippen molar-refractivity contribution in [3.8, 4) is 0 Å². The summed E-state index contributed by atoms with van der Waals surface area (Å²) in [6.45, 7) is 3.21. The number of nitrogens with zero attached hydrogens (tertiary/aromatic N) is 3. The molecule has 3 nitrogen and oxygen atoms in total. The van der Waals surface area contributed by atoms with Crippen molar-refractivity contribution in [1.82, 2.24) is 9.47 Å². The summed E-state index contributed by atoms with van der Waals surface area (Å²) < 4.78 is 3.95. The van der Waals surface area contributed by atoms with Gasteiger partial charge >= 0.3 is 0 Å². The van der Waals surface area contributed by atoms with Crippen LogP contribution in [0.2, 0.25) is 0 Å². The van der Waals surface area contributed by atoms with Crippen LogP contribution in [0.15, 0.2) is 18.7 Å². The summed E-state index contributed by atoms with van der Waals surface area (Å²) in [4.78, 5) is 2.11. The van der Waals surface area contributed by atoms with E-state index in [1.165, 1.54) is 12.8 Å². The van der Waals surface area contributed by atoms with Crippen LogP contribution in [0.5, 0.6) is 0 Å². The van der Waals surface area contributed by atoms with E-state index in [1.807, 2.05) is 42.0 Å². The summed E-state index contributed by atoms with van der Waals surface area (Å²) in [5.41, 5.74) is 0. The van der Waals surface area contributed by atoms with Gasteiger partial charge < -0.3 is 4.90 Å². The molecule has 78 valence electrons. The van der Waals surface area contributed by atoms with E-state index in [0.29, 0.717) is 0 Å². The molecule has 0 aliphatic heterocycles. The number of aromatic nitrogens is 2. The van der Waals surface area contributed by atoms with Gasteiger partial charge in [0.2, 0.25) is 0 Å². The van der Waals surface area contributed by atoms with Gasteiger partial charge in [0.15, 0.2) is 0 Å². The number of imidazole rings is 1. The molecule has 1 aromatic rings. The number of hydrogen-bond acceptors (Lipinski definition) is 1. The van der Waals surface area contributed by atoms with Gasteiger partial charge in [-0.1, -0.05) is 13.3 Å². The van der Waals surface area contributed by atoms with Crippen LogP contribution < -0.4 is 4.57 Å².